The van der Waals surface area contributed by atoms with E-state index >= 15 is 0 Å². The van der Waals surface area contributed by atoms with Crippen molar-refractivity contribution in [1.82, 2.24) is 19.1 Å². The highest BCUT2D eigenvalue weighted by Crippen LogP contribution is 2.32. The number of rotatable bonds is 5. The molecule has 0 saturated carbocycles. The smallest absolute Gasteiger partial charge is 0.278 e. The van der Waals surface area contributed by atoms with Crippen LogP contribution in [-0.2, 0) is 13.1 Å². The molecule has 0 bridgehead atoms. The standard InChI is InChI=1S/C29H30N6O/c1-20-26-27(29(36)34(19-32-26)18-25-24-12-6-5-10-22(24)13-14-31-25)35(16-21-8-3-2-4-9-21)28(20)33-15-7-11-23(30)17-33/h2-6,8-10,12-14,19,23H,7,11,15-18,30H2,1H3/t23-/m0/s1. The van der Waals surface area contributed by atoms with E-state index in [2.05, 4.69) is 45.6 Å². The highest BCUT2D eigenvalue weighted by Gasteiger charge is 2.26. The lowest BCUT2D eigenvalue weighted by molar-refractivity contribution is 0.498. The van der Waals surface area contributed by atoms with Crippen LogP contribution in [0.5, 0.6) is 0 Å². The maximum Gasteiger partial charge on any atom is 0.278 e. The van der Waals surface area contributed by atoms with Gasteiger partial charge in [0.1, 0.15) is 16.9 Å². The molecule has 1 atom stereocenters. The first kappa shape index (κ1) is 22.5. The Morgan fingerprint density at radius 1 is 1.00 bits per heavy atom. The second kappa shape index (κ2) is 9.24. The number of pyridine rings is 1. The van der Waals surface area contributed by atoms with Crippen LogP contribution < -0.4 is 16.2 Å². The fraction of sp³-hybridized carbons (Fsp3) is 0.276. The minimum Gasteiger partial charge on any atom is -0.356 e. The summed E-state index contributed by atoms with van der Waals surface area (Å²) in [7, 11) is 0. The lowest BCUT2D eigenvalue weighted by Crippen LogP contribution is -2.44. The molecule has 36 heavy (non-hydrogen) atoms. The number of hydrogen-bond donors (Lipinski definition) is 1. The van der Waals surface area contributed by atoms with Gasteiger partial charge in [-0.05, 0) is 36.8 Å². The van der Waals surface area contributed by atoms with E-state index in [4.69, 9.17) is 10.7 Å². The molecule has 1 saturated heterocycles. The maximum atomic E-state index is 14.0. The maximum absolute atomic E-state index is 14.0. The Hall–Kier alpha value is -3.97. The van der Waals surface area contributed by atoms with Gasteiger partial charge in [0, 0.05) is 42.8 Å². The molecule has 7 nitrogen and oxygen atoms in total. The fourth-order valence-corrected chi connectivity index (χ4v) is 5.52. The molecule has 1 fully saturated rings. The lowest BCUT2D eigenvalue weighted by Gasteiger charge is -2.34. The number of nitrogens with two attached hydrogens (primary N) is 1. The first-order chi connectivity index (χ1) is 17.6. The van der Waals surface area contributed by atoms with Crippen molar-refractivity contribution in [1.29, 1.82) is 0 Å². The molecule has 7 heteroatoms. The topological polar surface area (TPSA) is 82.0 Å². The predicted molar refractivity (Wildman–Crippen MR) is 145 cm³/mol. The number of benzene rings is 2. The van der Waals surface area contributed by atoms with Gasteiger partial charge in [-0.3, -0.25) is 14.3 Å². The first-order valence-corrected chi connectivity index (χ1v) is 12.6. The Morgan fingerprint density at radius 2 is 1.81 bits per heavy atom. The molecule has 4 heterocycles. The third-order valence-electron chi connectivity index (χ3n) is 7.25. The molecule has 1 aliphatic rings. The van der Waals surface area contributed by atoms with Crippen molar-refractivity contribution in [3.05, 3.63) is 100 Å². The first-order valence-electron chi connectivity index (χ1n) is 12.6. The average molecular weight is 479 g/mol. The molecule has 5 aromatic rings. The Labute approximate surface area is 209 Å². The van der Waals surface area contributed by atoms with Crippen LogP contribution >= 0.6 is 0 Å². The normalized spacial score (nSPS) is 16.2. The summed E-state index contributed by atoms with van der Waals surface area (Å²) in [6.45, 7) is 4.73. The van der Waals surface area contributed by atoms with Gasteiger partial charge in [0.2, 0.25) is 0 Å². The molecule has 1 aliphatic heterocycles. The van der Waals surface area contributed by atoms with Crippen LogP contribution in [-0.4, -0.2) is 38.2 Å². The van der Waals surface area contributed by atoms with Gasteiger partial charge in [-0.1, -0.05) is 54.6 Å². The molecule has 0 radical (unpaired) electrons. The predicted octanol–water partition coefficient (Wildman–Crippen LogP) is 4.08. The van der Waals surface area contributed by atoms with Gasteiger partial charge in [-0.25, -0.2) is 4.98 Å². The zero-order chi connectivity index (χ0) is 24.6. The van der Waals surface area contributed by atoms with Crippen LogP contribution in [0.25, 0.3) is 21.8 Å². The summed E-state index contributed by atoms with van der Waals surface area (Å²) in [6.07, 6.45) is 5.53. The van der Waals surface area contributed by atoms with E-state index in [1.54, 1.807) is 17.1 Å². The molecule has 0 unspecified atom stereocenters. The average Bonchev–Trinajstić information content (AvgIpc) is 3.18. The molecule has 2 N–H and O–H groups in total. The molecule has 0 amide bonds. The minimum absolute atomic E-state index is 0.0543. The van der Waals surface area contributed by atoms with E-state index in [1.165, 1.54) is 0 Å². The quantitative estimate of drug-likeness (QED) is 0.412. The van der Waals surface area contributed by atoms with Gasteiger partial charge < -0.3 is 15.2 Å². The van der Waals surface area contributed by atoms with Crippen molar-refractivity contribution in [3.63, 3.8) is 0 Å². The monoisotopic (exact) mass is 478 g/mol. The summed E-state index contributed by atoms with van der Waals surface area (Å²) < 4.78 is 3.84. The van der Waals surface area contributed by atoms with Crippen molar-refractivity contribution in [2.24, 2.45) is 5.73 Å². The van der Waals surface area contributed by atoms with Gasteiger partial charge in [-0.15, -0.1) is 0 Å². The molecule has 3 aromatic heterocycles. The zero-order valence-electron chi connectivity index (χ0n) is 20.5. The molecule has 0 spiro atoms. The Balaban J connectivity index is 1.52. The van der Waals surface area contributed by atoms with Gasteiger partial charge in [-0.2, -0.15) is 0 Å². The van der Waals surface area contributed by atoms with Gasteiger partial charge in [0.15, 0.2) is 0 Å². The summed E-state index contributed by atoms with van der Waals surface area (Å²) >= 11 is 0. The molecular weight excluding hydrogens is 448 g/mol. The summed E-state index contributed by atoms with van der Waals surface area (Å²) in [4.78, 5) is 25.8. The van der Waals surface area contributed by atoms with Crippen molar-refractivity contribution in [3.8, 4) is 0 Å². The van der Waals surface area contributed by atoms with Crippen molar-refractivity contribution >= 4 is 27.6 Å². The third-order valence-corrected chi connectivity index (χ3v) is 7.25. The van der Waals surface area contributed by atoms with Gasteiger partial charge in [0.25, 0.3) is 5.56 Å². The number of fused-ring (bicyclic) bond motifs is 2. The van der Waals surface area contributed by atoms with Gasteiger partial charge in [0.05, 0.1) is 18.6 Å². The van der Waals surface area contributed by atoms with E-state index in [1.807, 2.05) is 36.4 Å². The third kappa shape index (κ3) is 3.95. The molecular formula is C29H30N6O. The number of aryl methyl sites for hydroxylation is 1. The van der Waals surface area contributed by atoms with E-state index < -0.39 is 0 Å². The van der Waals surface area contributed by atoms with Crippen LogP contribution in [0.2, 0.25) is 0 Å². The molecule has 2 aromatic carbocycles. The SMILES string of the molecule is Cc1c(N2CCC[C@H](N)C2)n(Cc2ccccc2)c2c(=O)n(Cc3nccc4ccccc34)cnc12. The molecule has 6 rings (SSSR count). The Kier molecular flexibility index (Phi) is 5.77. The summed E-state index contributed by atoms with van der Waals surface area (Å²) in [5.41, 5.74) is 10.7. The van der Waals surface area contributed by atoms with Gasteiger partial charge >= 0.3 is 0 Å². The van der Waals surface area contributed by atoms with Crippen LogP contribution in [0.3, 0.4) is 0 Å². The summed E-state index contributed by atoms with van der Waals surface area (Å²) in [6, 6.07) is 20.5. The van der Waals surface area contributed by atoms with Crippen LogP contribution in [0.1, 0.15) is 29.7 Å². The van der Waals surface area contributed by atoms with E-state index in [0.717, 1.165) is 64.9 Å². The Morgan fingerprint density at radius 3 is 2.64 bits per heavy atom. The van der Waals surface area contributed by atoms with E-state index in [9.17, 15) is 4.79 Å². The second-order valence-corrected chi connectivity index (χ2v) is 9.72. The second-order valence-electron chi connectivity index (χ2n) is 9.72. The zero-order valence-corrected chi connectivity index (χ0v) is 20.5. The minimum atomic E-state index is -0.0543. The van der Waals surface area contributed by atoms with Crippen molar-refractivity contribution < 1.29 is 0 Å². The highest BCUT2D eigenvalue weighted by atomic mass is 16.1. The lowest BCUT2D eigenvalue weighted by atomic mass is 10.1. The van der Waals surface area contributed by atoms with Crippen LogP contribution in [0.4, 0.5) is 5.82 Å². The molecule has 182 valence electrons. The fourth-order valence-electron chi connectivity index (χ4n) is 5.52. The summed E-state index contributed by atoms with van der Waals surface area (Å²) in [5.74, 6) is 1.05. The number of piperidine rings is 1. The number of aromatic nitrogens is 4. The van der Waals surface area contributed by atoms with Crippen molar-refractivity contribution in [2.75, 3.05) is 18.0 Å². The summed E-state index contributed by atoms with van der Waals surface area (Å²) in [5, 5.41) is 2.16. The largest absolute Gasteiger partial charge is 0.356 e. The van der Waals surface area contributed by atoms with E-state index in [0.29, 0.717) is 18.6 Å². The Bertz CT molecular complexity index is 1600. The van der Waals surface area contributed by atoms with E-state index in [-0.39, 0.29) is 11.6 Å². The van der Waals surface area contributed by atoms with Crippen LogP contribution in [0.15, 0.2) is 78.0 Å². The van der Waals surface area contributed by atoms with Crippen molar-refractivity contribution in [2.45, 2.75) is 38.9 Å². The highest BCUT2D eigenvalue weighted by molar-refractivity contribution is 5.86. The number of nitrogens with zero attached hydrogens (tertiary/aromatic N) is 5. The molecule has 0 aliphatic carbocycles. The van der Waals surface area contributed by atoms with Crippen LogP contribution in [0, 0.1) is 6.92 Å². The number of anilines is 1. The number of hydrogen-bond acceptors (Lipinski definition) is 5.